The lowest BCUT2D eigenvalue weighted by Gasteiger charge is -2.11. The van der Waals surface area contributed by atoms with E-state index in [2.05, 4.69) is 33.3 Å². The molecule has 1 aromatic rings. The van der Waals surface area contributed by atoms with Crippen LogP contribution in [0, 0.1) is 0 Å². The molecule has 1 aromatic carbocycles. The highest BCUT2D eigenvalue weighted by Crippen LogP contribution is 2.28. The zero-order valence-electron chi connectivity index (χ0n) is 6.83. The lowest BCUT2D eigenvalue weighted by atomic mass is 10.1. The summed E-state index contributed by atoms with van der Waals surface area (Å²) in [5, 5.41) is 14.5. The summed E-state index contributed by atoms with van der Waals surface area (Å²) in [6, 6.07) is 9.90. The number of benzene rings is 1. The molecule has 0 saturated heterocycles. The van der Waals surface area contributed by atoms with Crippen molar-refractivity contribution in [2.45, 2.75) is 11.4 Å². The maximum Gasteiger partial charge on any atom is 0.241 e. The first-order valence-corrected chi connectivity index (χ1v) is 4.34. The fraction of sp³-hybridized carbons (Fsp3) is 0.250. The highest BCUT2D eigenvalue weighted by Gasteiger charge is 2.28. The van der Waals surface area contributed by atoms with Crippen LogP contribution in [0.3, 0.4) is 0 Å². The quantitative estimate of drug-likeness (QED) is 0.700. The Labute approximate surface area is 81.2 Å². The van der Waals surface area contributed by atoms with Crippen molar-refractivity contribution < 1.29 is 0 Å². The molecule has 5 heteroatoms. The largest absolute Gasteiger partial charge is 0.241 e. The van der Waals surface area contributed by atoms with E-state index in [1.807, 2.05) is 30.3 Å². The van der Waals surface area contributed by atoms with Crippen LogP contribution in [0.5, 0.6) is 0 Å². The van der Waals surface area contributed by atoms with E-state index in [9.17, 15) is 0 Å². The molecule has 0 saturated carbocycles. The van der Waals surface area contributed by atoms with Crippen molar-refractivity contribution in [2.75, 3.05) is 0 Å². The second-order valence-corrected chi connectivity index (χ2v) is 3.53. The van der Waals surface area contributed by atoms with Crippen molar-refractivity contribution in [3.05, 3.63) is 35.9 Å². The monoisotopic (exact) mass is 192 g/mol. The Morgan fingerprint density at radius 3 is 2.31 bits per heavy atom. The number of rotatable bonds is 2. The van der Waals surface area contributed by atoms with Crippen LogP contribution >= 0.6 is 12.6 Å². The van der Waals surface area contributed by atoms with Crippen molar-refractivity contribution in [3.63, 3.8) is 0 Å². The third-order valence-electron chi connectivity index (χ3n) is 1.73. The molecule has 0 spiro atoms. The number of nitrogens with zero attached hydrogens (tertiary/aromatic N) is 4. The van der Waals surface area contributed by atoms with Crippen molar-refractivity contribution in [1.29, 1.82) is 0 Å². The SMILES string of the molecule is SC1(Cc2ccccc2)N=NN=N1. The predicted molar refractivity (Wildman–Crippen MR) is 51.6 cm³/mol. The molecule has 1 aliphatic heterocycles. The van der Waals surface area contributed by atoms with Gasteiger partial charge in [-0.15, -0.1) is 22.9 Å². The second-order valence-electron chi connectivity index (χ2n) is 2.82. The lowest BCUT2D eigenvalue weighted by molar-refractivity contribution is 0.640. The van der Waals surface area contributed by atoms with Gasteiger partial charge in [-0.3, -0.25) is 0 Å². The van der Waals surface area contributed by atoms with Crippen LogP contribution in [-0.2, 0) is 6.42 Å². The van der Waals surface area contributed by atoms with Crippen LogP contribution in [0.15, 0.2) is 51.0 Å². The van der Waals surface area contributed by atoms with Gasteiger partial charge < -0.3 is 0 Å². The molecule has 0 N–H and O–H groups in total. The Balaban J connectivity index is 2.15. The fourth-order valence-corrected chi connectivity index (χ4v) is 1.41. The van der Waals surface area contributed by atoms with Gasteiger partial charge >= 0.3 is 0 Å². The molecule has 4 nitrogen and oxygen atoms in total. The van der Waals surface area contributed by atoms with Gasteiger partial charge in [-0.1, -0.05) is 30.3 Å². The summed E-state index contributed by atoms with van der Waals surface area (Å²) in [5.41, 5.74) is 1.12. The molecule has 0 radical (unpaired) electrons. The summed E-state index contributed by atoms with van der Waals surface area (Å²) in [6.07, 6.45) is 0.615. The minimum absolute atomic E-state index is 0.615. The molecule has 0 fully saturated rings. The van der Waals surface area contributed by atoms with Crippen LogP contribution in [0.25, 0.3) is 0 Å². The maximum atomic E-state index is 4.27. The van der Waals surface area contributed by atoms with E-state index in [0.29, 0.717) is 6.42 Å². The predicted octanol–water partition coefficient (Wildman–Crippen LogP) is 2.65. The molecule has 0 atom stereocenters. The third-order valence-corrected chi connectivity index (χ3v) is 2.07. The van der Waals surface area contributed by atoms with Gasteiger partial charge in [0, 0.05) is 6.42 Å². The van der Waals surface area contributed by atoms with Gasteiger partial charge in [-0.2, -0.15) is 0 Å². The van der Waals surface area contributed by atoms with Crippen LogP contribution in [0.2, 0.25) is 0 Å². The Bertz CT molecular complexity index is 334. The van der Waals surface area contributed by atoms with Crippen molar-refractivity contribution in [1.82, 2.24) is 0 Å². The van der Waals surface area contributed by atoms with Gasteiger partial charge in [-0.25, -0.2) is 0 Å². The van der Waals surface area contributed by atoms with Crippen molar-refractivity contribution in [2.24, 2.45) is 20.7 Å². The third kappa shape index (κ3) is 1.92. The molecular formula is C8H8N4S. The van der Waals surface area contributed by atoms with E-state index in [4.69, 9.17) is 0 Å². The lowest BCUT2D eigenvalue weighted by Crippen LogP contribution is -2.15. The van der Waals surface area contributed by atoms with Gasteiger partial charge in [-0.05, 0) is 16.0 Å². The fourth-order valence-electron chi connectivity index (χ4n) is 1.14. The number of hydrogen-bond acceptors (Lipinski definition) is 5. The molecule has 66 valence electrons. The topological polar surface area (TPSA) is 49.4 Å². The average Bonchev–Trinajstić information content (AvgIpc) is 2.54. The highest BCUT2D eigenvalue weighted by atomic mass is 32.1. The number of hydrogen-bond donors (Lipinski definition) is 1. The smallest absolute Gasteiger partial charge is 0.123 e. The normalized spacial score (nSPS) is 17.9. The standard InChI is InChI=1S/C8H8N4S/c13-8(9-11-12-10-8)6-7-4-2-1-3-5-7/h1-5,13H,6H2. The van der Waals surface area contributed by atoms with Crippen LogP contribution < -0.4 is 0 Å². The molecule has 13 heavy (non-hydrogen) atoms. The molecule has 0 aromatic heterocycles. The Kier molecular flexibility index (Phi) is 2.10. The van der Waals surface area contributed by atoms with Crippen LogP contribution in [0.1, 0.15) is 5.56 Å². The first-order chi connectivity index (χ1) is 6.29. The first kappa shape index (κ1) is 8.37. The molecule has 1 aliphatic rings. The van der Waals surface area contributed by atoms with Crippen LogP contribution in [0.4, 0.5) is 0 Å². The van der Waals surface area contributed by atoms with Gasteiger partial charge in [0.05, 0.1) is 0 Å². The molecular weight excluding hydrogens is 184 g/mol. The number of thiol groups is 1. The average molecular weight is 192 g/mol. The Hall–Kier alpha value is -1.23. The summed E-state index contributed by atoms with van der Waals surface area (Å²) in [6.45, 7) is 0. The Morgan fingerprint density at radius 1 is 1.08 bits per heavy atom. The minimum atomic E-state index is -0.790. The molecule has 0 aliphatic carbocycles. The summed E-state index contributed by atoms with van der Waals surface area (Å²) in [5.74, 6) is 0. The molecule has 1 heterocycles. The summed E-state index contributed by atoms with van der Waals surface area (Å²) in [4.78, 5) is -0.790. The van der Waals surface area contributed by atoms with Gasteiger partial charge in [0.1, 0.15) is 0 Å². The molecule has 0 amide bonds. The molecule has 0 bridgehead atoms. The summed E-state index contributed by atoms with van der Waals surface area (Å²) >= 11 is 4.27. The van der Waals surface area contributed by atoms with E-state index in [0.717, 1.165) is 5.56 Å². The zero-order valence-corrected chi connectivity index (χ0v) is 7.72. The van der Waals surface area contributed by atoms with Crippen LogP contribution in [-0.4, -0.2) is 4.99 Å². The van der Waals surface area contributed by atoms with Gasteiger partial charge in [0.25, 0.3) is 0 Å². The van der Waals surface area contributed by atoms with E-state index in [1.54, 1.807) is 0 Å². The van der Waals surface area contributed by atoms with E-state index >= 15 is 0 Å². The Morgan fingerprint density at radius 2 is 1.69 bits per heavy atom. The molecule has 0 unspecified atom stereocenters. The van der Waals surface area contributed by atoms with E-state index < -0.39 is 4.99 Å². The second kappa shape index (κ2) is 3.26. The van der Waals surface area contributed by atoms with Gasteiger partial charge in [0.15, 0.2) is 0 Å². The molecule has 2 rings (SSSR count). The maximum absolute atomic E-state index is 4.27. The van der Waals surface area contributed by atoms with E-state index in [1.165, 1.54) is 0 Å². The highest BCUT2D eigenvalue weighted by molar-refractivity contribution is 7.81. The van der Waals surface area contributed by atoms with Crippen molar-refractivity contribution in [3.8, 4) is 0 Å². The van der Waals surface area contributed by atoms with Gasteiger partial charge in [0.2, 0.25) is 4.99 Å². The summed E-state index contributed by atoms with van der Waals surface area (Å²) in [7, 11) is 0. The zero-order chi connectivity index (χ0) is 9.15. The van der Waals surface area contributed by atoms with Crippen molar-refractivity contribution >= 4 is 12.6 Å². The minimum Gasteiger partial charge on any atom is -0.123 e. The summed E-state index contributed by atoms with van der Waals surface area (Å²) < 4.78 is 0. The first-order valence-electron chi connectivity index (χ1n) is 3.89. The van der Waals surface area contributed by atoms with E-state index in [-0.39, 0.29) is 0 Å².